The average molecular weight is 466 g/mol. The smallest absolute Gasteiger partial charge is 0.272 e. The molecule has 0 spiro atoms. The van der Waals surface area contributed by atoms with Crippen molar-refractivity contribution in [2.75, 3.05) is 13.6 Å². The number of carbonyl (C=O) groups excluding carboxylic acids is 2. The molecule has 178 valence electrons. The van der Waals surface area contributed by atoms with E-state index in [1.54, 1.807) is 23.4 Å². The van der Waals surface area contributed by atoms with Gasteiger partial charge in [-0.1, -0.05) is 62.7 Å². The van der Waals surface area contributed by atoms with E-state index in [2.05, 4.69) is 35.1 Å². The molecule has 0 N–H and O–H groups in total. The molecule has 4 rings (SSSR count). The summed E-state index contributed by atoms with van der Waals surface area (Å²) in [6.45, 7) is 4.71. The van der Waals surface area contributed by atoms with Crippen LogP contribution in [0.1, 0.15) is 65.1 Å². The molecule has 0 unspecified atom stereocenters. The van der Waals surface area contributed by atoms with Crippen molar-refractivity contribution in [3.05, 3.63) is 95.4 Å². The van der Waals surface area contributed by atoms with Gasteiger partial charge in [0.2, 0.25) is 0 Å². The molecule has 2 aromatic carbocycles. The molecule has 0 fully saturated rings. The van der Waals surface area contributed by atoms with Crippen LogP contribution < -0.4 is 0 Å². The fourth-order valence-corrected chi connectivity index (χ4v) is 4.23. The van der Waals surface area contributed by atoms with Gasteiger partial charge in [-0.15, -0.1) is 0 Å². The van der Waals surface area contributed by atoms with Crippen LogP contribution in [-0.2, 0) is 6.42 Å². The van der Waals surface area contributed by atoms with Crippen LogP contribution in [0.2, 0.25) is 0 Å². The Hall–Kier alpha value is -3.86. The fraction of sp³-hybridized carbons (Fsp3) is 0.267. The lowest BCUT2D eigenvalue weighted by molar-refractivity contribution is 0.0787. The Balaban J connectivity index is 1.72. The third kappa shape index (κ3) is 5.46. The van der Waals surface area contributed by atoms with Gasteiger partial charge in [0.25, 0.3) is 5.91 Å². The Kier molecular flexibility index (Phi) is 7.66. The van der Waals surface area contributed by atoms with Crippen LogP contribution in [0.5, 0.6) is 0 Å². The molecule has 0 atom stereocenters. The van der Waals surface area contributed by atoms with Gasteiger partial charge in [0.15, 0.2) is 5.78 Å². The summed E-state index contributed by atoms with van der Waals surface area (Å²) in [5, 5.41) is 0.963. The van der Waals surface area contributed by atoms with Crippen LogP contribution in [-0.4, -0.2) is 40.2 Å². The molecular weight excluding hydrogens is 434 g/mol. The lowest BCUT2D eigenvalue weighted by Crippen LogP contribution is -2.28. The van der Waals surface area contributed by atoms with Crippen LogP contribution in [0.15, 0.2) is 73.1 Å². The van der Waals surface area contributed by atoms with Gasteiger partial charge in [-0.25, -0.2) is 0 Å². The van der Waals surface area contributed by atoms with Crippen molar-refractivity contribution in [1.82, 2.24) is 14.9 Å². The Morgan fingerprint density at radius 1 is 0.886 bits per heavy atom. The molecule has 4 aromatic rings. The zero-order valence-corrected chi connectivity index (χ0v) is 20.6. The summed E-state index contributed by atoms with van der Waals surface area (Å²) in [6.07, 6.45) is 6.55. The molecule has 0 saturated heterocycles. The summed E-state index contributed by atoms with van der Waals surface area (Å²) in [5.74, 6) is 0.0213. The number of aromatic nitrogens is 2. The van der Waals surface area contributed by atoms with E-state index in [1.165, 1.54) is 0 Å². The Labute approximate surface area is 206 Å². The van der Waals surface area contributed by atoms with Gasteiger partial charge in [-0.2, -0.15) is 0 Å². The molecule has 5 heteroatoms. The van der Waals surface area contributed by atoms with Gasteiger partial charge in [-0.05, 0) is 47.7 Å². The first kappa shape index (κ1) is 24.3. The Bertz CT molecular complexity index is 1330. The third-order valence-electron chi connectivity index (χ3n) is 6.33. The number of benzene rings is 2. The molecule has 35 heavy (non-hydrogen) atoms. The predicted molar refractivity (Wildman–Crippen MR) is 141 cm³/mol. The third-order valence-corrected chi connectivity index (χ3v) is 6.33. The van der Waals surface area contributed by atoms with E-state index in [1.807, 2.05) is 50.4 Å². The highest BCUT2D eigenvalue weighted by Crippen LogP contribution is 2.29. The molecule has 0 bridgehead atoms. The monoisotopic (exact) mass is 465 g/mol. The number of fused-ring (bicyclic) bond motifs is 1. The van der Waals surface area contributed by atoms with Crippen molar-refractivity contribution < 1.29 is 9.59 Å². The maximum absolute atomic E-state index is 12.8. The minimum absolute atomic E-state index is 0.0689. The molecule has 0 aliphatic heterocycles. The Morgan fingerprint density at radius 3 is 2.34 bits per heavy atom. The van der Waals surface area contributed by atoms with Gasteiger partial charge < -0.3 is 4.90 Å². The zero-order valence-electron chi connectivity index (χ0n) is 20.6. The first-order chi connectivity index (χ1) is 17.0. The predicted octanol–water partition coefficient (Wildman–Crippen LogP) is 6.35. The number of Topliss-reactive ketones (excluding diaryl/α,β-unsaturated/α-hetero) is 1. The molecule has 0 aliphatic rings. The second-order valence-electron chi connectivity index (χ2n) is 8.83. The topological polar surface area (TPSA) is 63.2 Å². The lowest BCUT2D eigenvalue weighted by atomic mass is 9.92. The number of ketones is 1. The maximum atomic E-state index is 12.8. The molecule has 0 saturated carbocycles. The minimum Gasteiger partial charge on any atom is -0.340 e. The summed E-state index contributed by atoms with van der Waals surface area (Å²) < 4.78 is 0. The van der Waals surface area contributed by atoms with Crippen LogP contribution in [0, 0.1) is 0 Å². The van der Waals surface area contributed by atoms with Crippen LogP contribution in [0.4, 0.5) is 0 Å². The zero-order chi connectivity index (χ0) is 24.8. The number of amides is 1. The molecule has 5 nitrogen and oxygen atoms in total. The number of unbranched alkanes of at least 4 members (excludes halogenated alkanes) is 1. The normalized spacial score (nSPS) is 10.9. The first-order valence-electron chi connectivity index (χ1n) is 12.2. The van der Waals surface area contributed by atoms with Crippen molar-refractivity contribution in [2.24, 2.45) is 0 Å². The van der Waals surface area contributed by atoms with Crippen LogP contribution in [0.25, 0.3) is 22.0 Å². The fourth-order valence-electron chi connectivity index (χ4n) is 4.23. The molecular formula is C30H31N3O2. The standard InChI is InChI=1S/C30H31N3O2/c1-4-6-16-33(3)30(35)28-15-13-23(19-31-28)22-12-14-27-25(18-22)24(17-21-10-8-7-9-11-21)26(20-32-27)29(34)5-2/h7-15,18-20H,4-6,16-17H2,1-3H3. The average Bonchev–Trinajstić information content (AvgIpc) is 2.91. The highest BCUT2D eigenvalue weighted by molar-refractivity contribution is 6.02. The number of rotatable bonds is 9. The van der Waals surface area contributed by atoms with Crippen molar-refractivity contribution >= 4 is 22.6 Å². The second-order valence-corrected chi connectivity index (χ2v) is 8.83. The van der Waals surface area contributed by atoms with E-state index in [-0.39, 0.29) is 11.7 Å². The molecule has 0 radical (unpaired) electrons. The number of hydrogen-bond donors (Lipinski definition) is 0. The van der Waals surface area contributed by atoms with E-state index in [4.69, 9.17) is 0 Å². The maximum Gasteiger partial charge on any atom is 0.272 e. The molecule has 1 amide bonds. The first-order valence-corrected chi connectivity index (χ1v) is 12.2. The molecule has 0 aliphatic carbocycles. The quantitative estimate of drug-likeness (QED) is 0.270. The van der Waals surface area contributed by atoms with Crippen molar-refractivity contribution in [3.63, 3.8) is 0 Å². The summed E-state index contributed by atoms with van der Waals surface area (Å²) in [4.78, 5) is 36.2. The van der Waals surface area contributed by atoms with Gasteiger partial charge >= 0.3 is 0 Å². The van der Waals surface area contributed by atoms with Crippen molar-refractivity contribution in [2.45, 2.75) is 39.5 Å². The lowest BCUT2D eigenvalue weighted by Gasteiger charge is -2.16. The van der Waals surface area contributed by atoms with Gasteiger partial charge in [-0.3, -0.25) is 19.6 Å². The van der Waals surface area contributed by atoms with E-state index in [9.17, 15) is 9.59 Å². The molecule has 2 aromatic heterocycles. The summed E-state index contributed by atoms with van der Waals surface area (Å²) in [6, 6.07) is 20.0. The van der Waals surface area contributed by atoms with Crippen molar-refractivity contribution in [3.8, 4) is 11.1 Å². The summed E-state index contributed by atoms with van der Waals surface area (Å²) >= 11 is 0. The van der Waals surface area contributed by atoms with E-state index >= 15 is 0 Å². The van der Waals surface area contributed by atoms with Crippen LogP contribution >= 0.6 is 0 Å². The van der Waals surface area contributed by atoms with Gasteiger partial charge in [0.1, 0.15) is 5.69 Å². The van der Waals surface area contributed by atoms with E-state index in [0.717, 1.165) is 52.5 Å². The highest BCUT2D eigenvalue weighted by Gasteiger charge is 2.16. The summed E-state index contributed by atoms with van der Waals surface area (Å²) in [7, 11) is 1.81. The minimum atomic E-state index is -0.0689. The SMILES string of the molecule is CCCCN(C)C(=O)c1ccc(-c2ccc3ncc(C(=O)CC)c(Cc4ccccc4)c3c2)cn1. The van der Waals surface area contributed by atoms with Crippen molar-refractivity contribution in [1.29, 1.82) is 0 Å². The van der Waals surface area contributed by atoms with Gasteiger partial charge in [0.05, 0.1) is 5.52 Å². The van der Waals surface area contributed by atoms with Crippen LogP contribution in [0.3, 0.4) is 0 Å². The van der Waals surface area contributed by atoms with E-state index < -0.39 is 0 Å². The second kappa shape index (κ2) is 11.0. The van der Waals surface area contributed by atoms with E-state index in [0.29, 0.717) is 24.1 Å². The molecule has 2 heterocycles. The number of carbonyl (C=O) groups is 2. The number of pyridine rings is 2. The summed E-state index contributed by atoms with van der Waals surface area (Å²) in [5.41, 5.74) is 5.99. The Morgan fingerprint density at radius 2 is 1.66 bits per heavy atom. The van der Waals surface area contributed by atoms with Gasteiger partial charge in [0, 0.05) is 48.9 Å². The number of hydrogen-bond acceptors (Lipinski definition) is 4. The largest absolute Gasteiger partial charge is 0.340 e. The highest BCUT2D eigenvalue weighted by atomic mass is 16.2. The number of nitrogens with zero attached hydrogens (tertiary/aromatic N) is 3.